The fourth-order valence-corrected chi connectivity index (χ4v) is 5.67. The van der Waals surface area contributed by atoms with Gasteiger partial charge in [0, 0.05) is 39.4 Å². The van der Waals surface area contributed by atoms with Crippen LogP contribution in [0.2, 0.25) is 0 Å². The van der Waals surface area contributed by atoms with Crippen molar-refractivity contribution in [3.05, 3.63) is 100 Å². The highest BCUT2D eigenvalue weighted by molar-refractivity contribution is 9.10. The van der Waals surface area contributed by atoms with Gasteiger partial charge in [0.25, 0.3) is 5.91 Å². The van der Waals surface area contributed by atoms with Gasteiger partial charge in [-0.1, -0.05) is 65.3 Å². The Morgan fingerprint density at radius 1 is 1.09 bits per heavy atom. The van der Waals surface area contributed by atoms with E-state index in [-0.39, 0.29) is 23.5 Å². The van der Waals surface area contributed by atoms with Gasteiger partial charge in [0.15, 0.2) is 0 Å². The van der Waals surface area contributed by atoms with Gasteiger partial charge in [-0.05, 0) is 47.9 Å². The maximum Gasteiger partial charge on any atom is 0.253 e. The van der Waals surface area contributed by atoms with Crippen molar-refractivity contribution in [2.45, 2.75) is 37.2 Å². The zero-order chi connectivity index (χ0) is 24.4. The van der Waals surface area contributed by atoms with Crippen LogP contribution in [0.1, 0.15) is 36.9 Å². The van der Waals surface area contributed by atoms with E-state index in [0.29, 0.717) is 6.42 Å². The minimum absolute atomic E-state index is 0.0660. The molecule has 4 aromatic rings. The van der Waals surface area contributed by atoms with Crippen LogP contribution in [-0.4, -0.2) is 26.9 Å². The SMILES string of the molecule is CCCn1cc(SCC(=O)N2N=C(c3ccc(Br)cc3)C[C@H]2c2ccc(F)cc2)c2ccccc21. The Labute approximate surface area is 217 Å². The molecule has 7 heteroatoms. The number of aromatic nitrogens is 1. The molecule has 1 aliphatic heterocycles. The topological polar surface area (TPSA) is 37.6 Å². The fraction of sp³-hybridized carbons (Fsp3) is 0.214. The lowest BCUT2D eigenvalue weighted by molar-refractivity contribution is -0.130. The van der Waals surface area contributed by atoms with Crippen LogP contribution in [0.4, 0.5) is 4.39 Å². The molecule has 2 heterocycles. The molecule has 35 heavy (non-hydrogen) atoms. The third kappa shape index (κ3) is 5.07. The van der Waals surface area contributed by atoms with Crippen molar-refractivity contribution in [2.75, 3.05) is 5.75 Å². The zero-order valence-electron chi connectivity index (χ0n) is 19.3. The summed E-state index contributed by atoms with van der Waals surface area (Å²) < 4.78 is 16.8. The highest BCUT2D eigenvalue weighted by Crippen LogP contribution is 2.35. The van der Waals surface area contributed by atoms with Gasteiger partial charge in [-0.15, -0.1) is 11.8 Å². The van der Waals surface area contributed by atoms with E-state index in [1.807, 2.05) is 36.4 Å². The molecule has 0 saturated carbocycles. The molecule has 1 aromatic heterocycles. The Kier molecular flexibility index (Phi) is 7.07. The van der Waals surface area contributed by atoms with E-state index in [1.165, 1.54) is 17.6 Å². The van der Waals surface area contributed by atoms with Gasteiger partial charge in [0.1, 0.15) is 5.82 Å². The predicted molar refractivity (Wildman–Crippen MR) is 144 cm³/mol. The van der Waals surface area contributed by atoms with Crippen molar-refractivity contribution in [1.82, 2.24) is 9.58 Å². The summed E-state index contributed by atoms with van der Waals surface area (Å²) in [6.07, 6.45) is 3.77. The molecule has 4 nitrogen and oxygen atoms in total. The average molecular weight is 550 g/mol. The molecule has 1 amide bonds. The Hall–Kier alpha value is -2.90. The maximum atomic E-state index is 13.6. The molecule has 1 aliphatic rings. The number of hydrogen-bond acceptors (Lipinski definition) is 3. The Balaban J connectivity index is 1.41. The van der Waals surface area contributed by atoms with E-state index in [0.717, 1.165) is 44.6 Å². The smallest absolute Gasteiger partial charge is 0.253 e. The highest BCUT2D eigenvalue weighted by Gasteiger charge is 2.33. The number of para-hydroxylation sites is 1. The minimum atomic E-state index is -0.294. The predicted octanol–water partition coefficient (Wildman–Crippen LogP) is 7.42. The van der Waals surface area contributed by atoms with Gasteiger partial charge < -0.3 is 4.57 Å². The van der Waals surface area contributed by atoms with Crippen LogP contribution in [0.25, 0.3) is 10.9 Å². The average Bonchev–Trinajstić information content (AvgIpc) is 3.46. The first-order valence-electron chi connectivity index (χ1n) is 11.6. The van der Waals surface area contributed by atoms with E-state index >= 15 is 0 Å². The van der Waals surface area contributed by atoms with Gasteiger partial charge in [0.05, 0.1) is 17.5 Å². The zero-order valence-corrected chi connectivity index (χ0v) is 21.7. The molecular formula is C28H25BrFN3OS. The van der Waals surface area contributed by atoms with E-state index in [2.05, 4.69) is 45.8 Å². The number of hydrogen-bond donors (Lipinski definition) is 0. The van der Waals surface area contributed by atoms with Crippen LogP contribution in [0.3, 0.4) is 0 Å². The number of carbonyl (C=O) groups excluding carboxylic acids is 1. The molecule has 5 rings (SSSR count). The minimum Gasteiger partial charge on any atom is -0.346 e. The van der Waals surface area contributed by atoms with Gasteiger partial charge in [-0.2, -0.15) is 5.10 Å². The quantitative estimate of drug-likeness (QED) is 0.225. The molecule has 0 saturated heterocycles. The maximum absolute atomic E-state index is 13.6. The molecular weight excluding hydrogens is 525 g/mol. The summed E-state index contributed by atoms with van der Waals surface area (Å²) in [5.41, 5.74) is 3.89. The Morgan fingerprint density at radius 2 is 1.83 bits per heavy atom. The molecule has 0 spiro atoms. The third-order valence-electron chi connectivity index (χ3n) is 6.17. The summed E-state index contributed by atoms with van der Waals surface area (Å²) in [5.74, 6) is -0.0870. The summed E-state index contributed by atoms with van der Waals surface area (Å²) in [4.78, 5) is 14.6. The number of hydrazone groups is 1. The van der Waals surface area contributed by atoms with Crippen molar-refractivity contribution in [3.63, 3.8) is 0 Å². The van der Waals surface area contributed by atoms with E-state index in [4.69, 9.17) is 5.10 Å². The Bertz CT molecular complexity index is 1380. The van der Waals surface area contributed by atoms with Crippen LogP contribution < -0.4 is 0 Å². The number of aryl methyl sites for hydroxylation is 1. The fourth-order valence-electron chi connectivity index (χ4n) is 4.46. The standard InChI is InChI=1S/C28H25BrFN3OS/c1-2-15-32-17-27(23-5-3-4-6-25(23)32)35-18-28(34)33-26(20-9-13-22(30)14-10-20)16-24(31-33)19-7-11-21(29)12-8-19/h3-14,17,26H,2,15-16,18H2,1H3/t26-/m0/s1. The lowest BCUT2D eigenvalue weighted by Gasteiger charge is -2.22. The molecule has 0 aliphatic carbocycles. The molecule has 0 radical (unpaired) electrons. The van der Waals surface area contributed by atoms with Crippen molar-refractivity contribution < 1.29 is 9.18 Å². The molecule has 0 bridgehead atoms. The third-order valence-corrected chi connectivity index (χ3v) is 7.72. The molecule has 0 N–H and O–H groups in total. The van der Waals surface area contributed by atoms with Crippen LogP contribution in [0.15, 0.2) is 93.5 Å². The van der Waals surface area contributed by atoms with Crippen molar-refractivity contribution in [3.8, 4) is 0 Å². The van der Waals surface area contributed by atoms with Crippen LogP contribution in [0.5, 0.6) is 0 Å². The lowest BCUT2D eigenvalue weighted by atomic mass is 9.98. The number of benzene rings is 3. The second kappa shape index (κ2) is 10.4. The van der Waals surface area contributed by atoms with E-state index in [9.17, 15) is 9.18 Å². The lowest BCUT2D eigenvalue weighted by Crippen LogP contribution is -2.28. The van der Waals surface area contributed by atoms with Crippen LogP contribution in [0, 0.1) is 5.82 Å². The molecule has 0 fully saturated rings. The second-order valence-corrected chi connectivity index (χ2v) is 10.5. The monoisotopic (exact) mass is 549 g/mol. The van der Waals surface area contributed by atoms with Gasteiger partial charge in [-0.3, -0.25) is 4.79 Å². The van der Waals surface area contributed by atoms with Gasteiger partial charge in [-0.25, -0.2) is 9.40 Å². The van der Waals surface area contributed by atoms with Crippen molar-refractivity contribution in [1.29, 1.82) is 0 Å². The summed E-state index contributed by atoms with van der Waals surface area (Å²) in [6, 6.07) is 22.3. The summed E-state index contributed by atoms with van der Waals surface area (Å²) >= 11 is 5.01. The van der Waals surface area contributed by atoms with Crippen molar-refractivity contribution in [2.24, 2.45) is 5.10 Å². The summed E-state index contributed by atoms with van der Waals surface area (Å²) in [6.45, 7) is 3.10. The van der Waals surface area contributed by atoms with Crippen LogP contribution >= 0.6 is 27.7 Å². The number of halogens is 2. The number of thioether (sulfide) groups is 1. The highest BCUT2D eigenvalue weighted by atomic mass is 79.9. The number of amides is 1. The molecule has 3 aromatic carbocycles. The van der Waals surface area contributed by atoms with Gasteiger partial charge >= 0.3 is 0 Å². The number of nitrogens with zero attached hydrogens (tertiary/aromatic N) is 3. The number of rotatable bonds is 7. The first kappa shape index (κ1) is 23.8. The molecule has 0 unspecified atom stereocenters. The van der Waals surface area contributed by atoms with E-state index < -0.39 is 0 Å². The van der Waals surface area contributed by atoms with E-state index in [1.54, 1.807) is 28.9 Å². The molecule has 178 valence electrons. The molecule has 1 atom stereocenters. The summed E-state index contributed by atoms with van der Waals surface area (Å²) in [7, 11) is 0. The Morgan fingerprint density at radius 3 is 2.57 bits per heavy atom. The van der Waals surface area contributed by atoms with Crippen LogP contribution in [-0.2, 0) is 11.3 Å². The first-order chi connectivity index (χ1) is 17.0. The number of carbonyl (C=O) groups is 1. The largest absolute Gasteiger partial charge is 0.346 e. The normalized spacial score (nSPS) is 15.6. The van der Waals surface area contributed by atoms with Crippen molar-refractivity contribution >= 4 is 50.2 Å². The van der Waals surface area contributed by atoms with Gasteiger partial charge in [0.2, 0.25) is 0 Å². The summed E-state index contributed by atoms with van der Waals surface area (Å²) in [5, 5.41) is 7.50. The number of fused-ring (bicyclic) bond motifs is 1. The second-order valence-electron chi connectivity index (χ2n) is 8.56. The first-order valence-corrected chi connectivity index (χ1v) is 13.4.